The highest BCUT2D eigenvalue weighted by atomic mass is 15.2. The van der Waals surface area contributed by atoms with Gasteiger partial charge in [0.25, 0.3) is 6.71 Å². The molecule has 650 valence electrons. The van der Waals surface area contributed by atoms with Gasteiger partial charge in [0.15, 0.2) is 0 Å². The van der Waals surface area contributed by atoms with Gasteiger partial charge in [0.2, 0.25) is 0 Å². The molecule has 17 rings (SSSR count). The molecule has 15 aromatic rings. The van der Waals surface area contributed by atoms with Crippen LogP contribution in [0, 0.1) is 0 Å². The Kier molecular flexibility index (Phi) is 20.7. The summed E-state index contributed by atoms with van der Waals surface area (Å²) in [6, 6.07) is 98.7. The molecule has 4 nitrogen and oxygen atoms in total. The SMILES string of the molecule is CC(C)(C)c1ccc(-c2ccc(-c3cc(C(C)(C)C)ccc3C(C)(C)C)cc2N2c3cc(-n4c5ccc(C(C)(C)C)cc5c5cc(C(C)(C)C)ccc54)ccc3B3c4ccc(-n5c6ccc(C(C)(C)C)cc6c6cc(C(C)(C)C)ccc65)cc4N(c4cc(-c5cc(C(C)(C)C)ccc5C(C)(C)C)ccc4-c4ccc(C(C)(C)C)cc4)c4cc(C(C)(C)C)cc2c43)cc1. The molecule has 2 aliphatic heterocycles. The van der Waals surface area contributed by atoms with E-state index >= 15 is 0 Å². The van der Waals surface area contributed by atoms with Crippen LogP contribution in [0.3, 0.4) is 0 Å². The van der Waals surface area contributed by atoms with Crippen molar-refractivity contribution in [3.05, 3.63) is 304 Å². The highest BCUT2D eigenvalue weighted by Crippen LogP contribution is 2.55. The minimum Gasteiger partial charge on any atom is -0.311 e. The van der Waals surface area contributed by atoms with E-state index in [4.69, 9.17) is 0 Å². The molecule has 0 bridgehead atoms. The van der Waals surface area contributed by atoms with E-state index in [-0.39, 0.29) is 66.3 Å². The molecule has 5 heteroatoms. The van der Waals surface area contributed by atoms with Crippen LogP contribution in [-0.2, 0) is 59.6 Å². The van der Waals surface area contributed by atoms with E-state index in [1.807, 2.05) is 0 Å². The summed E-state index contributed by atoms with van der Waals surface area (Å²) in [6.07, 6.45) is 0. The van der Waals surface area contributed by atoms with Crippen molar-refractivity contribution in [2.24, 2.45) is 0 Å². The Morgan fingerprint density at radius 1 is 0.181 bits per heavy atom. The Bertz CT molecular complexity index is 6370. The number of benzene rings is 13. The van der Waals surface area contributed by atoms with Gasteiger partial charge in [0.1, 0.15) is 0 Å². The van der Waals surface area contributed by atoms with Crippen molar-refractivity contribution in [3.63, 3.8) is 0 Å². The molecule has 13 aromatic carbocycles. The summed E-state index contributed by atoms with van der Waals surface area (Å²) in [5, 5.41) is 5.07. The maximum Gasteiger partial charge on any atom is 0.252 e. The van der Waals surface area contributed by atoms with Gasteiger partial charge in [-0.15, -0.1) is 0 Å². The van der Waals surface area contributed by atoms with Crippen molar-refractivity contribution in [3.8, 4) is 55.9 Å². The molecule has 0 aliphatic carbocycles. The molecule has 0 amide bonds. The highest BCUT2D eigenvalue weighted by molar-refractivity contribution is 7.00. The Morgan fingerprint density at radius 2 is 0.441 bits per heavy atom. The fourth-order valence-corrected chi connectivity index (χ4v) is 20.0. The number of rotatable bonds is 8. The summed E-state index contributed by atoms with van der Waals surface area (Å²) in [7, 11) is 0. The van der Waals surface area contributed by atoms with Crippen molar-refractivity contribution < 1.29 is 0 Å². The Hall–Kier alpha value is -10.9. The zero-order valence-electron chi connectivity index (χ0n) is 83.0. The lowest BCUT2D eigenvalue weighted by atomic mass is 9.33. The fraction of sp³-hybridized carbons (Fsp3) is 0.361. The lowest BCUT2D eigenvalue weighted by molar-refractivity contribution is 0.578. The van der Waals surface area contributed by atoms with E-state index in [1.54, 1.807) is 0 Å². The summed E-state index contributed by atoms with van der Waals surface area (Å²) in [5.41, 5.74) is 40.2. The normalized spacial score (nSPS) is 14.0. The summed E-state index contributed by atoms with van der Waals surface area (Å²) in [5.74, 6) is 0. The summed E-state index contributed by atoms with van der Waals surface area (Å²) in [6.45, 7) is 77.7. The second kappa shape index (κ2) is 29.9. The molecule has 0 fully saturated rings. The first-order valence-corrected chi connectivity index (χ1v) is 47.0. The van der Waals surface area contributed by atoms with E-state index in [0.717, 1.165) is 45.3 Å². The van der Waals surface area contributed by atoms with Crippen molar-refractivity contribution >= 4 is 101 Å². The molecule has 0 N–H and O–H groups in total. The summed E-state index contributed by atoms with van der Waals surface area (Å²) < 4.78 is 5.19. The van der Waals surface area contributed by atoms with Crippen LogP contribution in [0.5, 0.6) is 0 Å². The predicted octanol–water partition coefficient (Wildman–Crippen LogP) is 32.9. The smallest absolute Gasteiger partial charge is 0.252 e. The van der Waals surface area contributed by atoms with Gasteiger partial charge in [0, 0.05) is 66.8 Å². The average Bonchev–Trinajstić information content (AvgIpc) is 1.05. The maximum absolute atomic E-state index is 2.77. The molecule has 0 spiro atoms. The second-order valence-electron chi connectivity index (χ2n) is 49.0. The molecule has 2 aromatic heterocycles. The topological polar surface area (TPSA) is 16.3 Å². The quantitative estimate of drug-likeness (QED) is 0.141. The maximum atomic E-state index is 2.77. The monoisotopic (exact) mass is 1670 g/mol. The van der Waals surface area contributed by atoms with Crippen LogP contribution in [0.1, 0.15) is 290 Å². The average molecular weight is 1670 g/mol. The third-order valence-electron chi connectivity index (χ3n) is 28.0. The largest absolute Gasteiger partial charge is 0.311 e. The van der Waals surface area contributed by atoms with Gasteiger partial charge in [-0.05, 0) is 268 Å². The van der Waals surface area contributed by atoms with Crippen LogP contribution >= 0.6 is 0 Å². The van der Waals surface area contributed by atoms with Gasteiger partial charge < -0.3 is 18.9 Å². The molecule has 2 aliphatic rings. The molecule has 0 radical (unpaired) electrons. The summed E-state index contributed by atoms with van der Waals surface area (Å²) in [4.78, 5) is 5.55. The molecular weight excluding hydrogens is 1530 g/mol. The molecule has 0 unspecified atom stereocenters. The van der Waals surface area contributed by atoms with Crippen molar-refractivity contribution in [2.45, 2.75) is 288 Å². The molecule has 0 saturated carbocycles. The van der Waals surface area contributed by atoms with Gasteiger partial charge in [-0.1, -0.05) is 374 Å². The third-order valence-corrected chi connectivity index (χ3v) is 28.0. The first kappa shape index (κ1) is 88.2. The molecular formula is C122H139BN4. The van der Waals surface area contributed by atoms with Gasteiger partial charge in [-0.25, -0.2) is 0 Å². The Labute approximate surface area is 762 Å². The first-order chi connectivity index (χ1) is 58.9. The number of hydrogen-bond donors (Lipinski definition) is 0. The van der Waals surface area contributed by atoms with Crippen LogP contribution < -0.4 is 26.2 Å². The molecule has 4 heterocycles. The van der Waals surface area contributed by atoms with Crippen LogP contribution in [0.25, 0.3) is 99.5 Å². The zero-order valence-corrected chi connectivity index (χ0v) is 83.0. The van der Waals surface area contributed by atoms with Gasteiger partial charge >= 0.3 is 0 Å². The first-order valence-electron chi connectivity index (χ1n) is 47.0. The lowest BCUT2D eigenvalue weighted by Crippen LogP contribution is -2.61. The van der Waals surface area contributed by atoms with Crippen molar-refractivity contribution in [2.75, 3.05) is 9.80 Å². The van der Waals surface area contributed by atoms with E-state index in [2.05, 4.69) is 490 Å². The van der Waals surface area contributed by atoms with Crippen molar-refractivity contribution in [1.29, 1.82) is 0 Å². The number of hydrogen-bond acceptors (Lipinski definition) is 2. The second-order valence-corrected chi connectivity index (χ2v) is 49.0. The van der Waals surface area contributed by atoms with Gasteiger partial charge in [-0.2, -0.15) is 0 Å². The fourth-order valence-electron chi connectivity index (χ4n) is 20.0. The van der Waals surface area contributed by atoms with E-state index in [9.17, 15) is 0 Å². The van der Waals surface area contributed by atoms with Crippen LogP contribution in [0.15, 0.2) is 243 Å². The Balaban J connectivity index is 1.07. The number of fused-ring (bicyclic) bond motifs is 10. The number of nitrogens with zero attached hydrogens (tertiary/aromatic N) is 4. The van der Waals surface area contributed by atoms with Crippen molar-refractivity contribution in [1.82, 2.24) is 9.13 Å². The molecule has 127 heavy (non-hydrogen) atoms. The Morgan fingerprint density at radius 3 is 0.717 bits per heavy atom. The third kappa shape index (κ3) is 15.8. The van der Waals surface area contributed by atoms with Gasteiger partial charge in [-0.3, -0.25) is 0 Å². The zero-order chi connectivity index (χ0) is 91.6. The highest BCUT2D eigenvalue weighted by Gasteiger charge is 2.47. The van der Waals surface area contributed by atoms with E-state index in [0.29, 0.717) is 0 Å². The number of aromatic nitrogens is 2. The predicted molar refractivity (Wildman–Crippen MR) is 557 cm³/mol. The van der Waals surface area contributed by atoms with Crippen LogP contribution in [-0.4, -0.2) is 15.8 Å². The minimum absolute atomic E-state index is 0.0644. The van der Waals surface area contributed by atoms with Crippen LogP contribution in [0.2, 0.25) is 0 Å². The standard InChI is InChI=1S/C122H139BN4/c1-112(2,3)78-40-34-74(35-41-78)89-52-38-76(91-64-80(114(7,8)9)44-54-97(91)121(28,29)30)62-105(89)126-107-72-87(124-101-58-46-82(116(13,14)15)66-93(101)94-67-83(117(16,17)18)47-59-102(94)124)50-56-99(107)123-100-57-51-88(125-103-60-48-84(118(19,20)21)68-95(103)96-69-85(119(22,23)24)49-61-104(96)125)73-108(100)127(110-71-86(120(25,26)27)70-109(126)111(110)123)106-63-77(39-53-90(106)75-36-42-79(43-37-75)113(4,5)6)92-65-81(115(10,11)12)45-55-98(92)122(31,32)33/h34-73H,1-33H3. The molecule has 0 saturated heterocycles. The molecule has 0 atom stereocenters. The van der Waals surface area contributed by atoms with Crippen LogP contribution in [0.4, 0.5) is 34.1 Å². The van der Waals surface area contributed by atoms with Gasteiger partial charge in [0.05, 0.1) is 33.4 Å². The van der Waals surface area contributed by atoms with E-state index < -0.39 is 0 Å². The lowest BCUT2D eigenvalue weighted by Gasteiger charge is -2.46. The van der Waals surface area contributed by atoms with E-state index in [1.165, 1.54) is 166 Å². The minimum atomic E-state index is -0.366. The summed E-state index contributed by atoms with van der Waals surface area (Å²) >= 11 is 0. The number of anilines is 6.